The number of nitrogens with zero attached hydrogens (tertiary/aromatic N) is 6. The summed E-state index contributed by atoms with van der Waals surface area (Å²) in [4.78, 5) is 4.91. The van der Waals surface area contributed by atoms with Crippen molar-refractivity contribution in [3.63, 3.8) is 0 Å². The second-order valence-corrected chi connectivity index (χ2v) is 8.65. The highest BCUT2D eigenvalue weighted by Gasteiger charge is 2.33. The maximum absolute atomic E-state index is 5.29. The van der Waals surface area contributed by atoms with Crippen molar-refractivity contribution in [1.29, 1.82) is 0 Å². The maximum atomic E-state index is 5.29. The minimum atomic E-state index is -0.184. The van der Waals surface area contributed by atoms with Gasteiger partial charge in [0.05, 0.1) is 18.7 Å². The zero-order valence-corrected chi connectivity index (χ0v) is 18.2. The molecule has 7 nitrogen and oxygen atoms in total. The van der Waals surface area contributed by atoms with Crippen molar-refractivity contribution >= 4 is 5.69 Å². The van der Waals surface area contributed by atoms with Crippen LogP contribution in [0, 0.1) is 0 Å². The van der Waals surface area contributed by atoms with Gasteiger partial charge >= 0.3 is 0 Å². The summed E-state index contributed by atoms with van der Waals surface area (Å²) in [6, 6.07) is 18.9. The summed E-state index contributed by atoms with van der Waals surface area (Å²) < 4.78 is 7.24. The normalized spacial score (nSPS) is 16.5. The highest BCUT2D eigenvalue weighted by Crippen LogP contribution is 2.31. The Labute approximate surface area is 178 Å². The zero-order chi connectivity index (χ0) is 21.1. The van der Waals surface area contributed by atoms with Gasteiger partial charge in [-0.15, -0.1) is 5.10 Å². The topological polar surface area (TPSA) is 59.3 Å². The van der Waals surface area contributed by atoms with E-state index in [1.807, 2.05) is 16.8 Å². The molecule has 0 saturated carbocycles. The van der Waals surface area contributed by atoms with Crippen molar-refractivity contribution in [1.82, 2.24) is 25.1 Å². The van der Waals surface area contributed by atoms with Gasteiger partial charge in [-0.05, 0) is 61.0 Å². The van der Waals surface area contributed by atoms with Gasteiger partial charge in [0.2, 0.25) is 0 Å². The Morgan fingerprint density at radius 1 is 0.900 bits per heavy atom. The molecule has 2 heterocycles. The molecule has 0 spiro atoms. The van der Waals surface area contributed by atoms with Crippen LogP contribution in [0.3, 0.4) is 0 Å². The van der Waals surface area contributed by atoms with E-state index in [-0.39, 0.29) is 11.6 Å². The first-order valence-corrected chi connectivity index (χ1v) is 10.4. The Balaban J connectivity index is 1.58. The lowest BCUT2D eigenvalue weighted by Gasteiger charge is -2.40. The summed E-state index contributed by atoms with van der Waals surface area (Å²) in [6.07, 6.45) is 0. The Morgan fingerprint density at radius 3 is 2.17 bits per heavy atom. The molecular formula is C23H30N6O. The van der Waals surface area contributed by atoms with Gasteiger partial charge in [0.15, 0.2) is 5.82 Å². The van der Waals surface area contributed by atoms with E-state index in [1.54, 1.807) is 7.11 Å². The van der Waals surface area contributed by atoms with E-state index in [2.05, 4.69) is 88.6 Å². The van der Waals surface area contributed by atoms with Crippen LogP contribution in [0.4, 0.5) is 5.69 Å². The average Bonchev–Trinajstić information content (AvgIpc) is 3.25. The highest BCUT2D eigenvalue weighted by molar-refractivity contribution is 5.49. The van der Waals surface area contributed by atoms with Crippen molar-refractivity contribution in [2.45, 2.75) is 32.4 Å². The molecule has 158 valence electrons. The molecule has 1 fully saturated rings. The molecule has 1 aliphatic rings. The molecule has 2 aromatic carbocycles. The number of anilines is 1. The summed E-state index contributed by atoms with van der Waals surface area (Å²) in [5, 5.41) is 12.8. The van der Waals surface area contributed by atoms with E-state index in [4.69, 9.17) is 4.74 Å². The second-order valence-electron chi connectivity index (χ2n) is 8.65. The zero-order valence-electron chi connectivity index (χ0n) is 18.2. The molecule has 0 unspecified atom stereocenters. The van der Waals surface area contributed by atoms with Crippen LogP contribution in [0.1, 0.15) is 38.2 Å². The molecule has 0 N–H and O–H groups in total. The molecule has 30 heavy (non-hydrogen) atoms. The molecule has 3 aromatic rings. The summed E-state index contributed by atoms with van der Waals surface area (Å²) in [6.45, 7) is 10.2. The van der Waals surface area contributed by atoms with Crippen LogP contribution in [0.25, 0.3) is 0 Å². The van der Waals surface area contributed by atoms with Gasteiger partial charge in [0.25, 0.3) is 0 Å². The van der Waals surface area contributed by atoms with Crippen LogP contribution in [-0.2, 0) is 5.54 Å². The average molecular weight is 407 g/mol. The Morgan fingerprint density at radius 2 is 1.57 bits per heavy atom. The van der Waals surface area contributed by atoms with E-state index >= 15 is 0 Å². The smallest absolute Gasteiger partial charge is 0.173 e. The lowest BCUT2D eigenvalue weighted by Crippen LogP contribution is -2.48. The standard InChI is InChI=1S/C23H30N6O/c1-23(2,3)29-22(24-25-26-29)21(18-8-6-5-7-9-18)28-16-14-27(15-17-28)19-10-12-20(30-4)13-11-19/h5-13,21H,14-17H2,1-4H3/t21-/m1/s1. The summed E-state index contributed by atoms with van der Waals surface area (Å²) in [5.41, 5.74) is 2.26. The molecule has 0 bridgehead atoms. The van der Waals surface area contributed by atoms with E-state index in [1.165, 1.54) is 11.3 Å². The lowest BCUT2D eigenvalue weighted by molar-refractivity contribution is 0.191. The van der Waals surface area contributed by atoms with E-state index in [0.717, 1.165) is 37.8 Å². The number of ether oxygens (including phenoxy) is 1. The number of piperazine rings is 1. The largest absolute Gasteiger partial charge is 0.497 e. The summed E-state index contributed by atoms with van der Waals surface area (Å²) in [7, 11) is 1.70. The number of methoxy groups -OCH3 is 1. The third-order valence-corrected chi connectivity index (χ3v) is 5.61. The third kappa shape index (κ3) is 4.16. The molecule has 7 heteroatoms. The number of tetrazole rings is 1. The first-order valence-electron chi connectivity index (χ1n) is 10.4. The molecular weight excluding hydrogens is 376 g/mol. The molecule has 4 rings (SSSR count). The summed E-state index contributed by atoms with van der Waals surface area (Å²) in [5.74, 6) is 1.78. The van der Waals surface area contributed by atoms with E-state index in [9.17, 15) is 0 Å². The Kier molecular flexibility index (Phi) is 5.72. The number of aromatic nitrogens is 4. The van der Waals surface area contributed by atoms with Gasteiger partial charge in [-0.3, -0.25) is 4.90 Å². The molecule has 0 aliphatic carbocycles. The van der Waals surface area contributed by atoms with Crippen LogP contribution in [0.2, 0.25) is 0 Å². The van der Waals surface area contributed by atoms with Crippen molar-refractivity contribution in [2.75, 3.05) is 38.2 Å². The first kappa shape index (κ1) is 20.3. The molecule has 1 aromatic heterocycles. The quantitative estimate of drug-likeness (QED) is 0.648. The highest BCUT2D eigenvalue weighted by atomic mass is 16.5. The van der Waals surface area contributed by atoms with Crippen molar-refractivity contribution < 1.29 is 4.74 Å². The predicted molar refractivity (Wildman–Crippen MR) is 118 cm³/mol. The third-order valence-electron chi connectivity index (χ3n) is 5.61. The van der Waals surface area contributed by atoms with Crippen molar-refractivity contribution in [2.24, 2.45) is 0 Å². The monoisotopic (exact) mass is 406 g/mol. The van der Waals surface area contributed by atoms with Gasteiger partial charge in [-0.1, -0.05) is 30.3 Å². The van der Waals surface area contributed by atoms with Gasteiger partial charge in [0, 0.05) is 31.9 Å². The Bertz CT molecular complexity index is 940. The van der Waals surface area contributed by atoms with Crippen LogP contribution in [-0.4, -0.2) is 58.4 Å². The SMILES string of the molecule is COc1ccc(N2CCN([C@H](c3ccccc3)c3nnnn3C(C)(C)C)CC2)cc1. The number of hydrogen-bond donors (Lipinski definition) is 0. The van der Waals surface area contributed by atoms with E-state index in [0.29, 0.717) is 0 Å². The number of rotatable bonds is 5. The number of benzene rings is 2. The van der Waals surface area contributed by atoms with Gasteiger partial charge in [0.1, 0.15) is 5.75 Å². The number of hydrogen-bond acceptors (Lipinski definition) is 6. The van der Waals surface area contributed by atoms with Crippen LogP contribution in [0.15, 0.2) is 54.6 Å². The van der Waals surface area contributed by atoms with Crippen LogP contribution < -0.4 is 9.64 Å². The summed E-state index contributed by atoms with van der Waals surface area (Å²) >= 11 is 0. The minimum Gasteiger partial charge on any atom is -0.497 e. The van der Waals surface area contributed by atoms with Crippen LogP contribution in [0.5, 0.6) is 5.75 Å². The van der Waals surface area contributed by atoms with Crippen molar-refractivity contribution in [3.05, 3.63) is 66.0 Å². The Hall–Kier alpha value is -2.93. The molecule has 1 saturated heterocycles. The fourth-order valence-electron chi connectivity index (χ4n) is 4.03. The fraction of sp³-hybridized carbons (Fsp3) is 0.435. The maximum Gasteiger partial charge on any atom is 0.173 e. The molecule has 1 aliphatic heterocycles. The molecule has 0 amide bonds. The predicted octanol–water partition coefficient (Wildman–Crippen LogP) is 3.35. The second kappa shape index (κ2) is 8.44. The molecule has 0 radical (unpaired) electrons. The fourth-order valence-corrected chi connectivity index (χ4v) is 4.03. The van der Waals surface area contributed by atoms with Crippen molar-refractivity contribution in [3.8, 4) is 5.75 Å². The first-order chi connectivity index (χ1) is 14.5. The molecule has 1 atom stereocenters. The van der Waals surface area contributed by atoms with Gasteiger partial charge < -0.3 is 9.64 Å². The van der Waals surface area contributed by atoms with Crippen LogP contribution >= 0.6 is 0 Å². The van der Waals surface area contributed by atoms with Gasteiger partial charge in [-0.2, -0.15) is 0 Å². The van der Waals surface area contributed by atoms with E-state index < -0.39 is 0 Å². The lowest BCUT2D eigenvalue weighted by atomic mass is 10.0. The minimum absolute atomic E-state index is 0.0263. The van der Waals surface area contributed by atoms with Gasteiger partial charge in [-0.25, -0.2) is 4.68 Å².